The lowest BCUT2D eigenvalue weighted by atomic mass is 10.1. The lowest BCUT2D eigenvalue weighted by Crippen LogP contribution is -2.49. The summed E-state index contributed by atoms with van der Waals surface area (Å²) in [6, 6.07) is 12.0. The summed E-state index contributed by atoms with van der Waals surface area (Å²) in [5.41, 5.74) is 5.58. The quantitative estimate of drug-likeness (QED) is 0.647. The molecule has 3 aromatic rings. The van der Waals surface area contributed by atoms with Crippen LogP contribution >= 0.6 is 0 Å². The molecule has 0 bridgehead atoms. The van der Waals surface area contributed by atoms with Crippen molar-refractivity contribution >= 4 is 28.1 Å². The first kappa shape index (κ1) is 19.3. The van der Waals surface area contributed by atoms with Gasteiger partial charge in [-0.05, 0) is 54.8 Å². The van der Waals surface area contributed by atoms with E-state index in [1.807, 2.05) is 24.3 Å². The molecule has 0 unspecified atom stereocenters. The Morgan fingerprint density at radius 1 is 1.06 bits per heavy atom. The number of aromatic amines is 1. The molecule has 162 valence electrons. The number of carbonyl (C=O) groups excluding carboxylic acids is 1. The molecule has 1 saturated heterocycles. The van der Waals surface area contributed by atoms with Crippen molar-refractivity contribution in [1.29, 1.82) is 0 Å². The summed E-state index contributed by atoms with van der Waals surface area (Å²) in [5.74, 6) is -0.219. The number of piperazine rings is 1. The fraction of sp³-hybridized carbons (Fsp3) is 0.320. The van der Waals surface area contributed by atoms with E-state index in [0.29, 0.717) is 23.6 Å². The minimum atomic E-state index is -0.219. The summed E-state index contributed by atoms with van der Waals surface area (Å²) >= 11 is 0. The highest BCUT2D eigenvalue weighted by atomic mass is 16.5. The van der Waals surface area contributed by atoms with E-state index in [2.05, 4.69) is 31.9 Å². The van der Waals surface area contributed by atoms with Crippen molar-refractivity contribution in [2.45, 2.75) is 25.5 Å². The molecule has 0 amide bonds. The fourth-order valence-electron chi connectivity index (χ4n) is 5.10. The number of hydrogen-bond acceptors (Lipinski definition) is 6. The molecule has 7 heteroatoms. The molecule has 0 saturated carbocycles. The lowest BCUT2D eigenvalue weighted by molar-refractivity contribution is 0.0535. The second-order valence-electron chi connectivity index (χ2n) is 8.69. The van der Waals surface area contributed by atoms with Gasteiger partial charge in [0.05, 0.1) is 16.5 Å². The van der Waals surface area contributed by atoms with Crippen molar-refractivity contribution in [1.82, 2.24) is 14.9 Å². The number of ether oxygens (including phenoxy) is 1. The summed E-state index contributed by atoms with van der Waals surface area (Å²) in [6.07, 6.45) is 6.06. The van der Waals surface area contributed by atoms with Gasteiger partial charge in [0, 0.05) is 55.4 Å². The first-order valence-corrected chi connectivity index (χ1v) is 11.1. The van der Waals surface area contributed by atoms with E-state index in [-0.39, 0.29) is 11.5 Å². The summed E-state index contributed by atoms with van der Waals surface area (Å²) in [7, 11) is 0. The van der Waals surface area contributed by atoms with Gasteiger partial charge in [0.15, 0.2) is 0 Å². The SMILES string of the molecule is O=C1OCc2cc(N3CCN([C@H]4C=C(c5cc6ncccc6c(=O)[nH]5)CC4)CC3)ccc21. The Bertz CT molecular complexity index is 1300. The van der Waals surface area contributed by atoms with Gasteiger partial charge in [0.1, 0.15) is 6.61 Å². The number of esters is 1. The number of carbonyl (C=O) groups is 1. The largest absolute Gasteiger partial charge is 0.457 e. The maximum absolute atomic E-state index is 12.4. The Kier molecular flexibility index (Phi) is 4.57. The summed E-state index contributed by atoms with van der Waals surface area (Å²) < 4.78 is 5.13. The van der Waals surface area contributed by atoms with E-state index in [4.69, 9.17) is 4.74 Å². The molecule has 32 heavy (non-hydrogen) atoms. The predicted octanol–water partition coefficient (Wildman–Crippen LogP) is 2.96. The van der Waals surface area contributed by atoms with Crippen LogP contribution in [-0.2, 0) is 11.3 Å². The summed E-state index contributed by atoms with van der Waals surface area (Å²) in [4.78, 5) is 36.4. The van der Waals surface area contributed by atoms with Crippen molar-refractivity contribution in [2.75, 3.05) is 31.1 Å². The maximum Gasteiger partial charge on any atom is 0.338 e. The van der Waals surface area contributed by atoms with Crippen LogP contribution in [0.4, 0.5) is 5.69 Å². The molecule has 4 heterocycles. The van der Waals surface area contributed by atoms with Crippen molar-refractivity contribution < 1.29 is 9.53 Å². The average molecular weight is 428 g/mol. The van der Waals surface area contributed by atoms with Gasteiger partial charge in [-0.25, -0.2) is 4.79 Å². The van der Waals surface area contributed by atoms with Crippen LogP contribution in [0.5, 0.6) is 0 Å². The minimum Gasteiger partial charge on any atom is -0.457 e. The van der Waals surface area contributed by atoms with Crippen LogP contribution in [0.1, 0.15) is 34.5 Å². The molecule has 2 aliphatic heterocycles. The molecule has 0 radical (unpaired) electrons. The number of rotatable bonds is 3. The van der Waals surface area contributed by atoms with Crippen LogP contribution in [0.3, 0.4) is 0 Å². The third-order valence-electron chi connectivity index (χ3n) is 6.88. The van der Waals surface area contributed by atoms with Crippen molar-refractivity contribution in [2.24, 2.45) is 0 Å². The molecular weight excluding hydrogens is 404 g/mol. The van der Waals surface area contributed by atoms with Crippen LogP contribution in [0.25, 0.3) is 16.5 Å². The van der Waals surface area contributed by atoms with E-state index in [9.17, 15) is 9.59 Å². The number of nitrogens with zero attached hydrogens (tertiary/aromatic N) is 3. The van der Waals surface area contributed by atoms with Crippen LogP contribution in [-0.4, -0.2) is 53.1 Å². The number of H-pyrrole nitrogens is 1. The third-order valence-corrected chi connectivity index (χ3v) is 6.88. The number of allylic oxidation sites excluding steroid dienone is 1. The van der Waals surface area contributed by atoms with E-state index in [0.717, 1.165) is 61.5 Å². The zero-order chi connectivity index (χ0) is 21.7. The Morgan fingerprint density at radius 3 is 2.81 bits per heavy atom. The zero-order valence-corrected chi connectivity index (χ0v) is 17.7. The minimum absolute atomic E-state index is 0.0787. The first-order valence-electron chi connectivity index (χ1n) is 11.1. The second-order valence-corrected chi connectivity index (χ2v) is 8.69. The standard InChI is InChI=1S/C25H24N4O3/c30-24-21-2-1-7-26-23(21)14-22(27-24)16-3-4-18(12-16)28-8-10-29(11-9-28)19-5-6-20-17(13-19)15-32-25(20)31/h1-2,5-7,12-14,18H,3-4,8-11,15H2,(H,27,30)/t18-/m1/s1. The monoisotopic (exact) mass is 428 g/mol. The summed E-state index contributed by atoms with van der Waals surface area (Å²) in [5, 5.41) is 0.630. The second kappa shape index (κ2) is 7.60. The van der Waals surface area contributed by atoms with E-state index < -0.39 is 0 Å². The molecule has 0 spiro atoms. The van der Waals surface area contributed by atoms with Crippen LogP contribution < -0.4 is 10.5 Å². The number of cyclic esters (lactones) is 1. The smallest absolute Gasteiger partial charge is 0.338 e. The average Bonchev–Trinajstić information content (AvgIpc) is 3.46. The molecule has 1 fully saturated rings. The number of anilines is 1. The Hall–Kier alpha value is -3.45. The van der Waals surface area contributed by atoms with Crippen molar-refractivity contribution in [3.8, 4) is 0 Å². The number of fused-ring (bicyclic) bond motifs is 2. The van der Waals surface area contributed by atoms with Gasteiger partial charge in [-0.15, -0.1) is 0 Å². The molecule has 1 aliphatic carbocycles. The molecule has 1 aromatic carbocycles. The molecular formula is C25H24N4O3. The van der Waals surface area contributed by atoms with Gasteiger partial charge in [0.2, 0.25) is 0 Å². The molecule has 2 aromatic heterocycles. The van der Waals surface area contributed by atoms with Crippen molar-refractivity contribution in [3.05, 3.63) is 75.8 Å². The number of pyridine rings is 2. The summed E-state index contributed by atoms with van der Waals surface area (Å²) in [6.45, 7) is 4.24. The highest BCUT2D eigenvalue weighted by Crippen LogP contribution is 2.31. The maximum atomic E-state index is 12.4. The predicted molar refractivity (Wildman–Crippen MR) is 123 cm³/mol. The van der Waals surface area contributed by atoms with Crippen LogP contribution in [0.15, 0.2) is 53.5 Å². The Morgan fingerprint density at radius 2 is 1.94 bits per heavy atom. The van der Waals surface area contributed by atoms with Crippen molar-refractivity contribution in [3.63, 3.8) is 0 Å². The van der Waals surface area contributed by atoms with E-state index in [1.54, 1.807) is 12.3 Å². The lowest BCUT2D eigenvalue weighted by Gasteiger charge is -2.38. The molecule has 7 nitrogen and oxygen atoms in total. The number of nitrogens with one attached hydrogen (secondary N) is 1. The molecule has 1 N–H and O–H groups in total. The van der Waals surface area contributed by atoms with E-state index >= 15 is 0 Å². The number of aromatic nitrogens is 2. The Balaban J connectivity index is 1.15. The first-order chi connectivity index (χ1) is 15.7. The highest BCUT2D eigenvalue weighted by Gasteiger charge is 2.28. The number of benzene rings is 1. The van der Waals surface area contributed by atoms with Gasteiger partial charge in [-0.2, -0.15) is 0 Å². The Labute approximate surface area is 185 Å². The highest BCUT2D eigenvalue weighted by molar-refractivity contribution is 5.93. The zero-order valence-electron chi connectivity index (χ0n) is 17.7. The topological polar surface area (TPSA) is 78.5 Å². The molecule has 3 aliphatic rings. The number of hydrogen-bond donors (Lipinski definition) is 1. The third kappa shape index (κ3) is 3.29. The van der Waals surface area contributed by atoms with Gasteiger partial charge in [0.25, 0.3) is 5.56 Å². The molecule has 1 atom stereocenters. The van der Waals surface area contributed by atoms with Gasteiger partial charge < -0.3 is 14.6 Å². The van der Waals surface area contributed by atoms with E-state index in [1.165, 1.54) is 5.57 Å². The fourth-order valence-corrected chi connectivity index (χ4v) is 5.10. The van der Waals surface area contributed by atoms with Gasteiger partial charge in [-0.3, -0.25) is 14.7 Å². The van der Waals surface area contributed by atoms with Crippen LogP contribution in [0, 0.1) is 0 Å². The normalized spacial score (nSPS) is 21.0. The van der Waals surface area contributed by atoms with Crippen LogP contribution in [0.2, 0.25) is 0 Å². The molecule has 6 rings (SSSR count). The van der Waals surface area contributed by atoms with Gasteiger partial charge in [-0.1, -0.05) is 6.08 Å². The van der Waals surface area contributed by atoms with Gasteiger partial charge >= 0.3 is 5.97 Å².